The Morgan fingerprint density at radius 1 is 1.48 bits per heavy atom. The molecule has 9 heteroatoms. The van der Waals surface area contributed by atoms with E-state index >= 15 is 0 Å². The van der Waals surface area contributed by atoms with Gasteiger partial charge in [0.1, 0.15) is 6.54 Å². The number of hydrogen-bond acceptors (Lipinski definition) is 5. The van der Waals surface area contributed by atoms with Crippen LogP contribution < -0.4 is 11.1 Å². The molecule has 0 atom stereocenters. The standard InChI is InChI=1S/C12H13ClN4O3S/c1-21(19,20)9-2-3-10(13)11(4-9)16-12(18)7-17-6-8(14)5-15-17/h2-6H,7,14H2,1H3,(H,16,18). The highest BCUT2D eigenvalue weighted by molar-refractivity contribution is 7.90. The number of halogens is 1. The van der Waals surface area contributed by atoms with Crippen LogP contribution >= 0.6 is 11.6 Å². The lowest BCUT2D eigenvalue weighted by Gasteiger charge is -2.09. The molecule has 0 saturated carbocycles. The number of rotatable bonds is 4. The Hall–Kier alpha value is -2.06. The number of nitrogens with one attached hydrogen (secondary N) is 1. The van der Waals surface area contributed by atoms with E-state index in [1.165, 1.54) is 35.3 Å². The lowest BCUT2D eigenvalue weighted by Crippen LogP contribution is -2.19. The number of aromatic nitrogens is 2. The number of nitrogen functional groups attached to an aromatic ring is 1. The summed E-state index contributed by atoms with van der Waals surface area (Å²) in [5.41, 5.74) is 6.17. The summed E-state index contributed by atoms with van der Waals surface area (Å²) < 4.78 is 24.3. The van der Waals surface area contributed by atoms with E-state index in [-0.39, 0.29) is 22.2 Å². The molecule has 2 aromatic rings. The van der Waals surface area contributed by atoms with E-state index in [1.807, 2.05) is 0 Å². The van der Waals surface area contributed by atoms with Gasteiger partial charge in [-0.3, -0.25) is 9.48 Å². The van der Waals surface area contributed by atoms with Gasteiger partial charge in [0, 0.05) is 12.5 Å². The molecule has 3 N–H and O–H groups in total. The number of nitrogens with zero attached hydrogens (tertiary/aromatic N) is 2. The van der Waals surface area contributed by atoms with Crippen molar-refractivity contribution in [1.82, 2.24) is 9.78 Å². The van der Waals surface area contributed by atoms with Crippen molar-refractivity contribution in [2.24, 2.45) is 0 Å². The fourth-order valence-electron chi connectivity index (χ4n) is 1.63. The number of carbonyl (C=O) groups is 1. The van der Waals surface area contributed by atoms with Crippen LogP contribution in [-0.4, -0.2) is 30.4 Å². The van der Waals surface area contributed by atoms with Gasteiger partial charge in [0.25, 0.3) is 0 Å². The largest absolute Gasteiger partial charge is 0.396 e. The molecule has 0 fully saturated rings. The maximum atomic E-state index is 11.9. The lowest BCUT2D eigenvalue weighted by molar-refractivity contribution is -0.116. The zero-order valence-corrected chi connectivity index (χ0v) is 12.6. The molecule has 2 rings (SSSR count). The minimum absolute atomic E-state index is 0.0589. The molecule has 1 amide bonds. The number of anilines is 2. The van der Waals surface area contributed by atoms with E-state index in [4.69, 9.17) is 17.3 Å². The summed E-state index contributed by atoms with van der Waals surface area (Å²) in [5.74, 6) is -0.398. The summed E-state index contributed by atoms with van der Waals surface area (Å²) in [4.78, 5) is 12.0. The van der Waals surface area contributed by atoms with Crippen molar-refractivity contribution in [2.75, 3.05) is 17.3 Å². The van der Waals surface area contributed by atoms with Crippen molar-refractivity contribution < 1.29 is 13.2 Å². The van der Waals surface area contributed by atoms with Gasteiger partial charge in [0.2, 0.25) is 5.91 Å². The first kappa shape index (κ1) is 15.3. The summed E-state index contributed by atoms with van der Waals surface area (Å²) in [7, 11) is -3.38. The summed E-state index contributed by atoms with van der Waals surface area (Å²) in [6.45, 7) is -0.0589. The van der Waals surface area contributed by atoms with E-state index in [1.54, 1.807) is 0 Å². The second-order valence-corrected chi connectivity index (χ2v) is 6.86. The van der Waals surface area contributed by atoms with Crippen molar-refractivity contribution >= 4 is 38.7 Å². The number of amides is 1. The van der Waals surface area contributed by atoms with Gasteiger partial charge in [-0.2, -0.15) is 5.10 Å². The van der Waals surface area contributed by atoms with Crippen molar-refractivity contribution in [3.63, 3.8) is 0 Å². The van der Waals surface area contributed by atoms with E-state index in [2.05, 4.69) is 10.4 Å². The smallest absolute Gasteiger partial charge is 0.246 e. The van der Waals surface area contributed by atoms with Gasteiger partial charge in [-0.05, 0) is 18.2 Å². The normalized spacial score (nSPS) is 11.3. The highest BCUT2D eigenvalue weighted by Gasteiger charge is 2.12. The number of sulfone groups is 1. The van der Waals surface area contributed by atoms with Gasteiger partial charge < -0.3 is 11.1 Å². The molecule has 112 valence electrons. The second-order valence-electron chi connectivity index (χ2n) is 4.43. The summed E-state index contributed by atoms with van der Waals surface area (Å²) in [6, 6.07) is 4.11. The fourth-order valence-corrected chi connectivity index (χ4v) is 2.45. The van der Waals surface area contributed by atoms with E-state index in [9.17, 15) is 13.2 Å². The highest BCUT2D eigenvalue weighted by Crippen LogP contribution is 2.25. The Balaban J connectivity index is 2.17. The van der Waals surface area contributed by atoms with Crippen LogP contribution in [0.2, 0.25) is 5.02 Å². The van der Waals surface area contributed by atoms with Gasteiger partial charge in [-0.1, -0.05) is 11.6 Å². The molecule has 21 heavy (non-hydrogen) atoms. The molecule has 0 spiro atoms. The Labute approximate surface area is 126 Å². The zero-order chi connectivity index (χ0) is 15.6. The van der Waals surface area contributed by atoms with Crippen molar-refractivity contribution in [3.05, 3.63) is 35.6 Å². The van der Waals surface area contributed by atoms with Crippen LogP contribution in [0.25, 0.3) is 0 Å². The molecule has 1 aromatic carbocycles. The Kier molecular flexibility index (Phi) is 4.19. The maximum absolute atomic E-state index is 11.9. The first-order valence-corrected chi connectivity index (χ1v) is 8.10. The average Bonchev–Trinajstić information content (AvgIpc) is 2.76. The molecular formula is C12H13ClN4O3S. The third kappa shape index (κ3) is 3.96. The molecule has 0 radical (unpaired) electrons. The zero-order valence-electron chi connectivity index (χ0n) is 11.1. The molecule has 0 saturated heterocycles. The molecule has 0 unspecified atom stereocenters. The molecule has 0 aliphatic carbocycles. The van der Waals surface area contributed by atoms with Crippen molar-refractivity contribution in [2.45, 2.75) is 11.4 Å². The minimum atomic E-state index is -3.38. The van der Waals surface area contributed by atoms with Crippen LogP contribution in [0.1, 0.15) is 0 Å². The monoisotopic (exact) mass is 328 g/mol. The fraction of sp³-hybridized carbons (Fsp3) is 0.167. The molecule has 0 aliphatic heterocycles. The number of hydrogen-bond donors (Lipinski definition) is 2. The van der Waals surface area contributed by atoms with Crippen molar-refractivity contribution in [3.8, 4) is 0 Å². The third-order valence-corrected chi connectivity index (χ3v) is 4.04. The molecule has 1 aromatic heterocycles. The summed E-state index contributed by atoms with van der Waals surface area (Å²) in [5, 5.41) is 6.67. The van der Waals surface area contributed by atoms with Gasteiger partial charge >= 0.3 is 0 Å². The van der Waals surface area contributed by atoms with E-state index < -0.39 is 15.7 Å². The van der Waals surface area contributed by atoms with Gasteiger partial charge in [0.05, 0.1) is 27.5 Å². The molecule has 0 aliphatic rings. The van der Waals surface area contributed by atoms with Gasteiger partial charge in [-0.25, -0.2) is 8.42 Å². The first-order valence-electron chi connectivity index (χ1n) is 5.83. The first-order chi connectivity index (χ1) is 9.75. The van der Waals surface area contributed by atoms with Gasteiger partial charge in [0.15, 0.2) is 9.84 Å². The quantitative estimate of drug-likeness (QED) is 0.875. The van der Waals surface area contributed by atoms with Gasteiger partial charge in [-0.15, -0.1) is 0 Å². The predicted octanol–water partition coefficient (Wildman–Crippen LogP) is 1.16. The predicted molar refractivity (Wildman–Crippen MR) is 79.8 cm³/mol. The van der Waals surface area contributed by atoms with Crippen molar-refractivity contribution in [1.29, 1.82) is 0 Å². The number of benzene rings is 1. The van der Waals surface area contributed by atoms with Crippen LogP contribution in [0.5, 0.6) is 0 Å². The summed E-state index contributed by atoms with van der Waals surface area (Å²) >= 11 is 5.95. The highest BCUT2D eigenvalue weighted by atomic mass is 35.5. The van der Waals surface area contributed by atoms with Crippen LogP contribution in [-0.2, 0) is 21.2 Å². The molecule has 7 nitrogen and oxygen atoms in total. The van der Waals surface area contributed by atoms with Crippen LogP contribution in [0, 0.1) is 0 Å². The Morgan fingerprint density at radius 2 is 2.19 bits per heavy atom. The van der Waals surface area contributed by atoms with E-state index in [0.717, 1.165) is 6.26 Å². The minimum Gasteiger partial charge on any atom is -0.396 e. The van der Waals surface area contributed by atoms with E-state index in [0.29, 0.717) is 5.69 Å². The molecule has 1 heterocycles. The van der Waals surface area contributed by atoms with Crippen LogP contribution in [0.4, 0.5) is 11.4 Å². The maximum Gasteiger partial charge on any atom is 0.246 e. The lowest BCUT2D eigenvalue weighted by atomic mass is 10.3. The molecular weight excluding hydrogens is 316 g/mol. The molecule has 0 bridgehead atoms. The van der Waals surface area contributed by atoms with Crippen LogP contribution in [0.15, 0.2) is 35.5 Å². The SMILES string of the molecule is CS(=O)(=O)c1ccc(Cl)c(NC(=O)Cn2cc(N)cn2)c1. The second kappa shape index (κ2) is 5.74. The topological polar surface area (TPSA) is 107 Å². The Morgan fingerprint density at radius 3 is 2.76 bits per heavy atom. The number of nitrogens with two attached hydrogens (primary N) is 1. The Bertz CT molecular complexity index is 786. The average molecular weight is 329 g/mol. The van der Waals surface area contributed by atoms with Crippen LogP contribution in [0.3, 0.4) is 0 Å². The summed E-state index contributed by atoms with van der Waals surface area (Å²) in [6.07, 6.45) is 4.01. The number of carbonyl (C=O) groups excluding carboxylic acids is 1. The third-order valence-electron chi connectivity index (χ3n) is 2.60.